The third kappa shape index (κ3) is 1.39. The summed E-state index contributed by atoms with van der Waals surface area (Å²) in [5.41, 5.74) is 6.90. The van der Waals surface area contributed by atoms with Crippen LogP contribution in [-0.2, 0) is 0 Å². The van der Waals surface area contributed by atoms with Crippen molar-refractivity contribution in [1.29, 1.82) is 0 Å². The largest absolute Gasteiger partial charge is 0.472 e. The van der Waals surface area contributed by atoms with Crippen LogP contribution in [0.2, 0.25) is 0 Å². The highest BCUT2D eigenvalue weighted by Gasteiger charge is 2.10. The highest BCUT2D eigenvalue weighted by molar-refractivity contribution is 5.11. The van der Waals surface area contributed by atoms with E-state index in [0.29, 0.717) is 5.92 Å². The van der Waals surface area contributed by atoms with Crippen LogP contribution in [0.1, 0.15) is 25.5 Å². The van der Waals surface area contributed by atoms with E-state index < -0.39 is 0 Å². The first-order chi connectivity index (χ1) is 4.72. The van der Waals surface area contributed by atoms with Crippen LogP contribution in [0.4, 0.5) is 0 Å². The van der Waals surface area contributed by atoms with E-state index in [9.17, 15) is 0 Å². The van der Waals surface area contributed by atoms with E-state index in [-0.39, 0.29) is 6.04 Å². The van der Waals surface area contributed by atoms with Crippen LogP contribution >= 0.6 is 0 Å². The van der Waals surface area contributed by atoms with Gasteiger partial charge in [0.1, 0.15) is 0 Å². The molecule has 0 fully saturated rings. The second kappa shape index (κ2) is 2.88. The second-order valence-corrected chi connectivity index (χ2v) is 2.83. The second-order valence-electron chi connectivity index (χ2n) is 2.83. The van der Waals surface area contributed by atoms with Crippen LogP contribution in [0.15, 0.2) is 23.0 Å². The maximum Gasteiger partial charge on any atom is 0.0950 e. The summed E-state index contributed by atoms with van der Waals surface area (Å²) < 4.78 is 4.91. The van der Waals surface area contributed by atoms with Gasteiger partial charge in [-0.05, 0) is 12.0 Å². The Labute approximate surface area is 61.0 Å². The molecule has 2 N–H and O–H groups in total. The van der Waals surface area contributed by atoms with E-state index in [4.69, 9.17) is 10.2 Å². The van der Waals surface area contributed by atoms with Gasteiger partial charge < -0.3 is 10.2 Å². The third-order valence-corrected chi connectivity index (χ3v) is 1.65. The van der Waals surface area contributed by atoms with E-state index in [1.165, 1.54) is 0 Å². The molecular weight excluding hydrogens is 126 g/mol. The number of hydrogen-bond acceptors (Lipinski definition) is 2. The van der Waals surface area contributed by atoms with Crippen LogP contribution in [0.5, 0.6) is 0 Å². The molecule has 1 aromatic rings. The van der Waals surface area contributed by atoms with Crippen molar-refractivity contribution in [3.05, 3.63) is 24.2 Å². The minimum atomic E-state index is 0.110. The van der Waals surface area contributed by atoms with Gasteiger partial charge in [0.2, 0.25) is 0 Å². The molecule has 56 valence electrons. The number of nitrogens with two attached hydrogens (primary N) is 1. The molecule has 2 heteroatoms. The zero-order chi connectivity index (χ0) is 7.56. The van der Waals surface area contributed by atoms with Gasteiger partial charge >= 0.3 is 0 Å². The Kier molecular flexibility index (Phi) is 2.12. The topological polar surface area (TPSA) is 39.2 Å². The Bertz CT molecular complexity index is 179. The summed E-state index contributed by atoms with van der Waals surface area (Å²) >= 11 is 0. The van der Waals surface area contributed by atoms with E-state index >= 15 is 0 Å². The van der Waals surface area contributed by atoms with Crippen molar-refractivity contribution in [2.45, 2.75) is 19.9 Å². The van der Waals surface area contributed by atoms with Crippen molar-refractivity contribution in [3.63, 3.8) is 0 Å². The maximum absolute atomic E-state index is 5.82. The Balaban J connectivity index is 2.68. The highest BCUT2D eigenvalue weighted by Crippen LogP contribution is 2.18. The van der Waals surface area contributed by atoms with Gasteiger partial charge in [0.25, 0.3) is 0 Å². The van der Waals surface area contributed by atoms with Crippen molar-refractivity contribution in [3.8, 4) is 0 Å². The molecule has 2 nitrogen and oxygen atoms in total. The quantitative estimate of drug-likeness (QED) is 0.680. The molecule has 1 rings (SSSR count). The minimum Gasteiger partial charge on any atom is -0.472 e. The Morgan fingerprint density at radius 1 is 1.50 bits per heavy atom. The molecule has 0 bridgehead atoms. The first-order valence-corrected chi connectivity index (χ1v) is 3.49. The molecule has 0 spiro atoms. The van der Waals surface area contributed by atoms with Crippen LogP contribution in [0.3, 0.4) is 0 Å². The molecule has 10 heavy (non-hydrogen) atoms. The van der Waals surface area contributed by atoms with E-state index in [0.717, 1.165) is 5.56 Å². The van der Waals surface area contributed by atoms with Gasteiger partial charge in [0.05, 0.1) is 12.5 Å². The summed E-state index contributed by atoms with van der Waals surface area (Å²) in [6.45, 7) is 4.19. The molecule has 1 unspecified atom stereocenters. The molecule has 0 saturated carbocycles. The zero-order valence-electron chi connectivity index (χ0n) is 6.37. The molecule has 0 saturated heterocycles. The fourth-order valence-corrected chi connectivity index (χ4v) is 0.850. The van der Waals surface area contributed by atoms with Crippen LogP contribution in [0, 0.1) is 5.92 Å². The van der Waals surface area contributed by atoms with E-state index in [1.54, 1.807) is 12.5 Å². The lowest BCUT2D eigenvalue weighted by molar-refractivity contribution is 0.500. The van der Waals surface area contributed by atoms with Crippen molar-refractivity contribution in [2.75, 3.05) is 0 Å². The van der Waals surface area contributed by atoms with Crippen LogP contribution in [0.25, 0.3) is 0 Å². The van der Waals surface area contributed by atoms with Crippen molar-refractivity contribution in [1.82, 2.24) is 0 Å². The van der Waals surface area contributed by atoms with E-state index in [1.807, 2.05) is 6.07 Å². The summed E-state index contributed by atoms with van der Waals surface area (Å²) in [5, 5.41) is 0. The van der Waals surface area contributed by atoms with E-state index in [2.05, 4.69) is 13.8 Å². The molecule has 1 aromatic heterocycles. The van der Waals surface area contributed by atoms with Gasteiger partial charge in [-0.1, -0.05) is 13.8 Å². The maximum atomic E-state index is 5.82. The van der Waals surface area contributed by atoms with Crippen LogP contribution in [-0.4, -0.2) is 0 Å². The lowest BCUT2D eigenvalue weighted by Crippen LogP contribution is -2.15. The Morgan fingerprint density at radius 2 is 2.20 bits per heavy atom. The Morgan fingerprint density at radius 3 is 2.60 bits per heavy atom. The highest BCUT2D eigenvalue weighted by atomic mass is 16.3. The predicted molar refractivity (Wildman–Crippen MR) is 40.5 cm³/mol. The van der Waals surface area contributed by atoms with Gasteiger partial charge in [-0.15, -0.1) is 0 Å². The summed E-state index contributed by atoms with van der Waals surface area (Å²) in [6, 6.07) is 2.02. The molecule has 0 aliphatic carbocycles. The first-order valence-electron chi connectivity index (χ1n) is 3.49. The third-order valence-electron chi connectivity index (χ3n) is 1.65. The lowest BCUT2D eigenvalue weighted by Gasteiger charge is -2.12. The Hall–Kier alpha value is -0.760. The van der Waals surface area contributed by atoms with Gasteiger partial charge in [0, 0.05) is 11.6 Å². The van der Waals surface area contributed by atoms with Gasteiger partial charge in [0.15, 0.2) is 0 Å². The van der Waals surface area contributed by atoms with Crippen molar-refractivity contribution in [2.24, 2.45) is 11.7 Å². The van der Waals surface area contributed by atoms with Gasteiger partial charge in [-0.2, -0.15) is 0 Å². The smallest absolute Gasteiger partial charge is 0.0950 e. The number of furan rings is 1. The molecular formula is C8H13NO. The molecule has 1 atom stereocenters. The molecule has 0 aliphatic rings. The summed E-state index contributed by atoms with van der Waals surface area (Å²) in [4.78, 5) is 0. The standard InChI is InChI=1S/C8H13NO/c1-6(2)8(9)7-3-4-10-5-7/h3-6,8H,9H2,1-2H3. The normalized spacial score (nSPS) is 14.0. The van der Waals surface area contributed by atoms with Crippen molar-refractivity contribution < 1.29 is 4.42 Å². The molecule has 1 heterocycles. The molecule has 0 amide bonds. The first kappa shape index (κ1) is 7.35. The number of hydrogen-bond donors (Lipinski definition) is 1. The number of rotatable bonds is 2. The minimum absolute atomic E-state index is 0.110. The summed E-state index contributed by atoms with van der Waals surface area (Å²) in [7, 11) is 0. The van der Waals surface area contributed by atoms with Crippen molar-refractivity contribution >= 4 is 0 Å². The average molecular weight is 139 g/mol. The van der Waals surface area contributed by atoms with Gasteiger partial charge in [-0.3, -0.25) is 0 Å². The van der Waals surface area contributed by atoms with Crippen LogP contribution < -0.4 is 5.73 Å². The predicted octanol–water partition coefficient (Wildman–Crippen LogP) is 1.94. The van der Waals surface area contributed by atoms with Gasteiger partial charge in [-0.25, -0.2) is 0 Å². The average Bonchev–Trinajstić information content (AvgIpc) is 2.36. The fraction of sp³-hybridized carbons (Fsp3) is 0.500. The zero-order valence-corrected chi connectivity index (χ0v) is 6.37. The summed E-state index contributed by atoms with van der Waals surface area (Å²) in [6.07, 6.45) is 3.35. The lowest BCUT2D eigenvalue weighted by atomic mass is 10.00. The monoisotopic (exact) mass is 139 g/mol. The SMILES string of the molecule is CC(C)C(N)c1ccoc1. The molecule has 0 aliphatic heterocycles. The fourth-order valence-electron chi connectivity index (χ4n) is 0.850. The molecule has 0 aromatic carbocycles. The summed E-state index contributed by atoms with van der Waals surface area (Å²) in [5.74, 6) is 0.470. The molecule has 0 radical (unpaired) electrons.